The number of carbonyl (C=O) groups excluding carboxylic acids is 1. The SMILES string of the molecule is O=C(NC(CCO)C1CCCCC1)c1sccc1Br. The van der Waals surface area contributed by atoms with Crippen LogP contribution in [-0.2, 0) is 0 Å². The molecule has 5 heteroatoms. The molecule has 1 aliphatic rings. The molecule has 0 aliphatic heterocycles. The highest BCUT2D eigenvalue weighted by Gasteiger charge is 2.25. The number of rotatable bonds is 5. The third kappa shape index (κ3) is 4.04. The van der Waals surface area contributed by atoms with E-state index in [0.717, 1.165) is 22.2 Å². The summed E-state index contributed by atoms with van der Waals surface area (Å²) >= 11 is 4.83. The first-order chi connectivity index (χ1) is 9.22. The molecule has 0 saturated heterocycles. The van der Waals surface area contributed by atoms with Crippen LogP contribution in [-0.4, -0.2) is 23.7 Å². The van der Waals surface area contributed by atoms with E-state index in [2.05, 4.69) is 21.2 Å². The van der Waals surface area contributed by atoms with E-state index in [-0.39, 0.29) is 18.6 Å². The van der Waals surface area contributed by atoms with Crippen LogP contribution in [0.3, 0.4) is 0 Å². The van der Waals surface area contributed by atoms with Gasteiger partial charge in [0.1, 0.15) is 4.88 Å². The van der Waals surface area contributed by atoms with E-state index in [1.165, 1.54) is 30.6 Å². The number of amides is 1. The van der Waals surface area contributed by atoms with Gasteiger partial charge in [-0.3, -0.25) is 4.79 Å². The summed E-state index contributed by atoms with van der Waals surface area (Å²) in [5.41, 5.74) is 0. The fourth-order valence-electron chi connectivity index (χ4n) is 2.79. The first-order valence-corrected chi connectivity index (χ1v) is 8.54. The molecule has 3 nitrogen and oxygen atoms in total. The van der Waals surface area contributed by atoms with E-state index in [9.17, 15) is 9.90 Å². The number of hydrogen-bond acceptors (Lipinski definition) is 3. The Morgan fingerprint density at radius 1 is 1.47 bits per heavy atom. The minimum atomic E-state index is -0.0223. The summed E-state index contributed by atoms with van der Waals surface area (Å²) in [5, 5.41) is 14.2. The Morgan fingerprint density at radius 2 is 2.21 bits per heavy atom. The van der Waals surface area contributed by atoms with Crippen LogP contribution < -0.4 is 5.32 Å². The van der Waals surface area contributed by atoms with Crippen molar-refractivity contribution >= 4 is 33.2 Å². The summed E-state index contributed by atoms with van der Waals surface area (Å²) in [7, 11) is 0. The van der Waals surface area contributed by atoms with Crippen molar-refractivity contribution in [1.29, 1.82) is 0 Å². The van der Waals surface area contributed by atoms with E-state index in [1.807, 2.05) is 11.4 Å². The van der Waals surface area contributed by atoms with E-state index < -0.39 is 0 Å². The standard InChI is InChI=1S/C14H20BrNO2S/c15-11-7-9-19-13(11)14(18)16-12(6-8-17)10-4-2-1-3-5-10/h7,9-10,12,17H,1-6,8H2,(H,16,18). The highest BCUT2D eigenvalue weighted by atomic mass is 79.9. The van der Waals surface area contributed by atoms with Gasteiger partial charge in [0, 0.05) is 17.1 Å². The lowest BCUT2D eigenvalue weighted by atomic mass is 9.82. The van der Waals surface area contributed by atoms with Crippen LogP contribution in [0.15, 0.2) is 15.9 Å². The van der Waals surface area contributed by atoms with Gasteiger partial charge in [0.2, 0.25) is 0 Å². The summed E-state index contributed by atoms with van der Waals surface area (Å²) in [6.45, 7) is 0.132. The maximum atomic E-state index is 12.2. The average molecular weight is 346 g/mol. The molecule has 0 aromatic carbocycles. The molecular weight excluding hydrogens is 326 g/mol. The molecule has 1 fully saturated rings. The van der Waals surface area contributed by atoms with Crippen LogP contribution in [0, 0.1) is 5.92 Å². The zero-order chi connectivity index (χ0) is 13.7. The van der Waals surface area contributed by atoms with Crippen molar-refractivity contribution in [2.24, 2.45) is 5.92 Å². The summed E-state index contributed by atoms with van der Waals surface area (Å²) in [6.07, 6.45) is 6.76. The Kier molecular flexibility index (Phi) is 5.85. The van der Waals surface area contributed by atoms with Gasteiger partial charge >= 0.3 is 0 Å². The van der Waals surface area contributed by atoms with Crippen LogP contribution in [0.5, 0.6) is 0 Å². The van der Waals surface area contributed by atoms with Crippen LogP contribution in [0.4, 0.5) is 0 Å². The molecule has 1 saturated carbocycles. The van der Waals surface area contributed by atoms with Crippen molar-refractivity contribution in [3.8, 4) is 0 Å². The zero-order valence-corrected chi connectivity index (χ0v) is 13.3. The van der Waals surface area contributed by atoms with Crippen LogP contribution in [0.1, 0.15) is 48.2 Å². The average Bonchev–Trinajstić information content (AvgIpc) is 2.85. The minimum Gasteiger partial charge on any atom is -0.396 e. The van der Waals surface area contributed by atoms with Crippen molar-refractivity contribution < 1.29 is 9.90 Å². The highest BCUT2D eigenvalue weighted by molar-refractivity contribution is 9.10. The number of aliphatic hydroxyl groups is 1. The van der Waals surface area contributed by atoms with E-state index in [0.29, 0.717) is 12.3 Å². The maximum Gasteiger partial charge on any atom is 0.262 e. The first kappa shape index (κ1) is 15.0. The van der Waals surface area contributed by atoms with Gasteiger partial charge < -0.3 is 10.4 Å². The van der Waals surface area contributed by atoms with Gasteiger partial charge in [-0.05, 0) is 52.6 Å². The summed E-state index contributed by atoms with van der Waals surface area (Å²) in [4.78, 5) is 13.0. The van der Waals surface area contributed by atoms with Crippen molar-refractivity contribution in [3.05, 3.63) is 20.8 Å². The van der Waals surface area contributed by atoms with Crippen LogP contribution >= 0.6 is 27.3 Å². The van der Waals surface area contributed by atoms with Crippen molar-refractivity contribution in [2.45, 2.75) is 44.6 Å². The van der Waals surface area contributed by atoms with Crippen LogP contribution in [0.25, 0.3) is 0 Å². The maximum absolute atomic E-state index is 12.2. The zero-order valence-electron chi connectivity index (χ0n) is 10.9. The molecule has 1 unspecified atom stereocenters. The lowest BCUT2D eigenvalue weighted by molar-refractivity contribution is 0.0903. The molecule has 1 aromatic heterocycles. The summed E-state index contributed by atoms with van der Waals surface area (Å²) < 4.78 is 0.849. The number of halogens is 1. The van der Waals surface area contributed by atoms with Crippen LogP contribution in [0.2, 0.25) is 0 Å². The molecule has 1 aromatic rings. The lowest BCUT2D eigenvalue weighted by Gasteiger charge is -2.30. The topological polar surface area (TPSA) is 49.3 Å². The first-order valence-electron chi connectivity index (χ1n) is 6.87. The third-order valence-electron chi connectivity index (χ3n) is 3.80. The van der Waals surface area contributed by atoms with Gasteiger partial charge in [-0.15, -0.1) is 11.3 Å². The lowest BCUT2D eigenvalue weighted by Crippen LogP contribution is -2.41. The van der Waals surface area contributed by atoms with E-state index in [4.69, 9.17) is 0 Å². The van der Waals surface area contributed by atoms with Gasteiger partial charge in [-0.2, -0.15) is 0 Å². The second-order valence-corrected chi connectivity index (χ2v) is 6.86. The molecule has 1 atom stereocenters. The number of aliphatic hydroxyl groups excluding tert-OH is 1. The van der Waals surface area contributed by atoms with E-state index in [1.54, 1.807) is 0 Å². The molecule has 2 N–H and O–H groups in total. The Labute approximate surface area is 126 Å². The molecule has 19 heavy (non-hydrogen) atoms. The molecule has 0 bridgehead atoms. The minimum absolute atomic E-state index is 0.0223. The Hall–Kier alpha value is -0.390. The Bertz CT molecular complexity index is 415. The van der Waals surface area contributed by atoms with Gasteiger partial charge in [-0.1, -0.05) is 19.3 Å². The van der Waals surface area contributed by atoms with E-state index >= 15 is 0 Å². The number of hydrogen-bond donors (Lipinski definition) is 2. The highest BCUT2D eigenvalue weighted by Crippen LogP contribution is 2.29. The Morgan fingerprint density at radius 3 is 2.79 bits per heavy atom. The molecule has 2 rings (SSSR count). The van der Waals surface area contributed by atoms with Crippen molar-refractivity contribution in [3.63, 3.8) is 0 Å². The number of carbonyl (C=O) groups is 1. The van der Waals surface area contributed by atoms with Crippen molar-refractivity contribution in [2.75, 3.05) is 6.61 Å². The fraction of sp³-hybridized carbons (Fsp3) is 0.643. The second-order valence-electron chi connectivity index (χ2n) is 5.09. The predicted molar refractivity (Wildman–Crippen MR) is 81.6 cm³/mol. The van der Waals surface area contributed by atoms with Gasteiger partial charge in [0.15, 0.2) is 0 Å². The monoisotopic (exact) mass is 345 g/mol. The largest absolute Gasteiger partial charge is 0.396 e. The second kappa shape index (κ2) is 7.41. The molecule has 0 radical (unpaired) electrons. The molecule has 1 amide bonds. The quantitative estimate of drug-likeness (QED) is 0.856. The molecule has 1 heterocycles. The molecule has 1 aliphatic carbocycles. The molecule has 0 spiro atoms. The normalized spacial score (nSPS) is 18.2. The van der Waals surface area contributed by atoms with Crippen molar-refractivity contribution in [1.82, 2.24) is 5.32 Å². The smallest absolute Gasteiger partial charge is 0.262 e. The number of nitrogens with one attached hydrogen (secondary N) is 1. The molecular formula is C14H20BrNO2S. The summed E-state index contributed by atoms with van der Waals surface area (Å²) in [6, 6.07) is 1.99. The molecule has 106 valence electrons. The predicted octanol–water partition coefficient (Wildman–Crippen LogP) is 3.57. The van der Waals surface area contributed by atoms with Gasteiger partial charge in [0.25, 0.3) is 5.91 Å². The fourth-order valence-corrected chi connectivity index (χ4v) is 4.25. The van der Waals surface area contributed by atoms with Gasteiger partial charge in [-0.25, -0.2) is 0 Å². The Balaban J connectivity index is 1.99. The summed E-state index contributed by atoms with van der Waals surface area (Å²) in [5.74, 6) is 0.495. The van der Waals surface area contributed by atoms with Gasteiger partial charge in [0.05, 0.1) is 0 Å². The number of thiophene rings is 1. The third-order valence-corrected chi connectivity index (χ3v) is 5.64.